The quantitative estimate of drug-likeness (QED) is 0.152. The Morgan fingerprint density at radius 1 is 0.614 bits per heavy atom. The third-order valence-corrected chi connectivity index (χ3v) is 9.46. The molecule has 0 atom stereocenters. The molecule has 10 rings (SSSR count). The summed E-state index contributed by atoms with van der Waals surface area (Å²) in [6.45, 7) is 7.41. The molecular formula is C45H40N10O2. The predicted octanol–water partition coefficient (Wildman–Crippen LogP) is 9.62. The first kappa shape index (κ1) is 35.4. The Kier molecular flexibility index (Phi) is 9.15. The molecule has 0 amide bonds. The van der Waals surface area contributed by atoms with Crippen molar-refractivity contribution in [2.24, 2.45) is 0 Å². The average molecular weight is 753 g/mol. The van der Waals surface area contributed by atoms with Gasteiger partial charge in [0, 0.05) is 58.8 Å². The second-order valence-corrected chi connectivity index (χ2v) is 14.8. The molecule has 0 unspecified atom stereocenters. The predicted molar refractivity (Wildman–Crippen MR) is 224 cm³/mol. The van der Waals surface area contributed by atoms with Crippen molar-refractivity contribution < 1.29 is 9.53 Å². The molecule has 0 saturated heterocycles. The fraction of sp³-hybridized carbons (Fsp3) is 0.133. The lowest BCUT2D eigenvalue weighted by Gasteiger charge is -2.19. The Bertz CT molecular complexity index is 2870. The molecule has 1 aliphatic heterocycles. The minimum Gasteiger partial charge on any atom is -0.443 e. The zero-order valence-electron chi connectivity index (χ0n) is 31.7. The monoisotopic (exact) mass is 752 g/mol. The number of ether oxygens (including phenoxy) is 1. The number of anilines is 4. The van der Waals surface area contributed by atoms with Crippen molar-refractivity contribution in [1.29, 1.82) is 0 Å². The summed E-state index contributed by atoms with van der Waals surface area (Å²) in [5, 5.41) is 21.1. The lowest BCUT2D eigenvalue weighted by Crippen LogP contribution is -2.26. The Balaban J connectivity index is 0.000000153. The van der Waals surface area contributed by atoms with Gasteiger partial charge in [-0.25, -0.2) is 13.8 Å². The molecule has 0 bridgehead atoms. The van der Waals surface area contributed by atoms with Gasteiger partial charge < -0.3 is 20.7 Å². The highest BCUT2D eigenvalue weighted by Gasteiger charge is 2.18. The van der Waals surface area contributed by atoms with Crippen molar-refractivity contribution >= 4 is 51.4 Å². The van der Waals surface area contributed by atoms with Gasteiger partial charge in [-0.2, -0.15) is 9.97 Å². The normalized spacial score (nSPS) is 12.3. The van der Waals surface area contributed by atoms with Crippen LogP contribution >= 0.6 is 0 Å². The highest BCUT2D eigenvalue weighted by Crippen LogP contribution is 2.27. The van der Waals surface area contributed by atoms with Gasteiger partial charge in [0.15, 0.2) is 11.3 Å². The largest absolute Gasteiger partial charge is 0.443 e. The highest BCUT2D eigenvalue weighted by molar-refractivity contribution is 5.89. The maximum Gasteiger partial charge on any atom is 0.418 e. The number of hydrogen-bond acceptors (Lipinski definition) is 9. The van der Waals surface area contributed by atoms with Gasteiger partial charge in [-0.3, -0.25) is 4.57 Å². The first-order chi connectivity index (χ1) is 27.7. The number of rotatable bonds is 6. The molecule has 5 aromatic heterocycles. The number of carbonyl (C=O) groups excluding carboxylic acids is 1. The number of hydrogen-bond donors (Lipinski definition) is 3. The number of aromatic nitrogens is 7. The molecule has 0 radical (unpaired) electrons. The van der Waals surface area contributed by atoms with E-state index in [1.54, 1.807) is 12.4 Å². The average Bonchev–Trinajstić information content (AvgIpc) is 4.03. The summed E-state index contributed by atoms with van der Waals surface area (Å²) in [7, 11) is 0. The number of nitrogens with one attached hydrogen (secondary N) is 3. The molecule has 12 heteroatoms. The van der Waals surface area contributed by atoms with Gasteiger partial charge in [0.25, 0.3) is 0 Å². The summed E-state index contributed by atoms with van der Waals surface area (Å²) in [6, 6.07) is 44.5. The van der Waals surface area contributed by atoms with Gasteiger partial charge in [-0.1, -0.05) is 84.9 Å². The lowest BCUT2D eigenvalue weighted by atomic mass is 10.1. The fourth-order valence-corrected chi connectivity index (χ4v) is 6.84. The van der Waals surface area contributed by atoms with Gasteiger partial charge in [0.05, 0.1) is 11.4 Å². The van der Waals surface area contributed by atoms with Gasteiger partial charge >= 0.3 is 6.09 Å². The standard InChI is InChI=1S/C25H23N5O2.C20H17N5/c1-25(2,3)32-24(31)29-15-18-12-13-20(14-19(18)16-29)26-23-27-22-11-7-10-21(30(22)28-23)17-8-5-4-6-9-17;1-2-5-14(6-3-1)18-7-4-8-19-23-20(24-25(18)19)22-17-10-9-15-12-21-13-16(15)11-17/h4-16H,1-3H3,(H,26,28);1-11,21H,12-13H2,(H,22,24). The summed E-state index contributed by atoms with van der Waals surface area (Å²) < 4.78 is 10.6. The third kappa shape index (κ3) is 7.66. The molecule has 9 aromatic rings. The molecule has 3 N–H and O–H groups in total. The highest BCUT2D eigenvalue weighted by atomic mass is 16.6. The SMILES string of the molecule is CC(C)(C)OC(=O)n1cc2ccc(Nc3nc4cccc(-c5ccccc5)n4n3)cc2c1.c1ccc(-c2cccc3nc(Nc4ccc5c(c4)CNC5)nn23)cc1. The van der Waals surface area contributed by atoms with Crippen molar-refractivity contribution in [1.82, 2.24) is 39.1 Å². The van der Waals surface area contributed by atoms with E-state index in [0.29, 0.717) is 11.9 Å². The van der Waals surface area contributed by atoms with E-state index in [-0.39, 0.29) is 0 Å². The van der Waals surface area contributed by atoms with Crippen molar-refractivity contribution in [3.8, 4) is 22.5 Å². The molecule has 57 heavy (non-hydrogen) atoms. The molecule has 1 aliphatic rings. The minimum absolute atomic E-state index is 0.404. The van der Waals surface area contributed by atoms with E-state index in [0.717, 1.165) is 69.0 Å². The Morgan fingerprint density at radius 3 is 1.75 bits per heavy atom. The van der Waals surface area contributed by atoms with Crippen LogP contribution in [0.25, 0.3) is 44.6 Å². The van der Waals surface area contributed by atoms with Crippen LogP contribution < -0.4 is 16.0 Å². The van der Waals surface area contributed by atoms with E-state index < -0.39 is 11.7 Å². The number of pyridine rings is 2. The van der Waals surface area contributed by atoms with Gasteiger partial charge in [0.2, 0.25) is 11.9 Å². The van der Waals surface area contributed by atoms with E-state index in [2.05, 4.69) is 72.5 Å². The molecule has 0 saturated carbocycles. The van der Waals surface area contributed by atoms with Crippen molar-refractivity contribution in [2.75, 3.05) is 10.6 Å². The van der Waals surface area contributed by atoms with E-state index in [9.17, 15) is 4.79 Å². The van der Waals surface area contributed by atoms with Crippen LogP contribution in [0.5, 0.6) is 0 Å². The summed E-state index contributed by atoms with van der Waals surface area (Å²) in [5.41, 5.74) is 9.75. The number of carbonyl (C=O) groups is 1. The van der Waals surface area contributed by atoms with Gasteiger partial charge in [-0.15, -0.1) is 10.2 Å². The molecule has 0 aliphatic carbocycles. The molecule has 0 spiro atoms. The summed E-state index contributed by atoms with van der Waals surface area (Å²) in [5.74, 6) is 1.11. The van der Waals surface area contributed by atoms with Crippen LogP contribution in [0.1, 0.15) is 31.9 Å². The van der Waals surface area contributed by atoms with Crippen LogP contribution in [0, 0.1) is 0 Å². The lowest BCUT2D eigenvalue weighted by molar-refractivity contribution is 0.0538. The Hall–Kier alpha value is -7.31. The molecular weight excluding hydrogens is 713 g/mol. The second-order valence-electron chi connectivity index (χ2n) is 14.8. The van der Waals surface area contributed by atoms with Gasteiger partial charge in [-0.05, 0) is 80.4 Å². The topological polar surface area (TPSA) is 128 Å². The number of nitrogens with zero attached hydrogens (tertiary/aromatic N) is 7. The van der Waals surface area contributed by atoms with E-state index in [1.165, 1.54) is 15.7 Å². The molecule has 4 aromatic carbocycles. The van der Waals surface area contributed by atoms with Crippen LogP contribution in [0.4, 0.5) is 28.1 Å². The molecule has 282 valence electrons. The molecule has 6 heterocycles. The maximum atomic E-state index is 12.4. The summed E-state index contributed by atoms with van der Waals surface area (Å²) >= 11 is 0. The van der Waals surface area contributed by atoms with E-state index in [1.807, 2.05) is 127 Å². The van der Waals surface area contributed by atoms with Crippen molar-refractivity contribution in [3.63, 3.8) is 0 Å². The van der Waals surface area contributed by atoms with Crippen LogP contribution in [-0.4, -0.2) is 45.5 Å². The first-order valence-corrected chi connectivity index (χ1v) is 18.8. The number of fused-ring (bicyclic) bond motifs is 4. The minimum atomic E-state index is -0.548. The summed E-state index contributed by atoms with van der Waals surface area (Å²) in [6.07, 6.45) is 3.13. The van der Waals surface area contributed by atoms with Crippen LogP contribution in [0.2, 0.25) is 0 Å². The van der Waals surface area contributed by atoms with Crippen LogP contribution in [0.15, 0.2) is 146 Å². The second kappa shape index (κ2) is 14.7. The Morgan fingerprint density at radius 2 is 1.16 bits per heavy atom. The first-order valence-electron chi connectivity index (χ1n) is 18.8. The third-order valence-electron chi connectivity index (χ3n) is 9.46. The van der Waals surface area contributed by atoms with Crippen molar-refractivity contribution in [3.05, 3.63) is 157 Å². The zero-order chi connectivity index (χ0) is 38.9. The Labute approximate surface area is 328 Å². The van der Waals surface area contributed by atoms with Gasteiger partial charge in [0.1, 0.15) is 5.60 Å². The molecule has 0 fully saturated rings. The fourth-order valence-electron chi connectivity index (χ4n) is 6.84. The van der Waals surface area contributed by atoms with Crippen LogP contribution in [0.3, 0.4) is 0 Å². The van der Waals surface area contributed by atoms with Crippen molar-refractivity contribution in [2.45, 2.75) is 39.5 Å². The van der Waals surface area contributed by atoms with E-state index in [4.69, 9.17) is 4.74 Å². The maximum absolute atomic E-state index is 12.4. The smallest absolute Gasteiger partial charge is 0.418 e. The van der Waals surface area contributed by atoms with Crippen LogP contribution in [-0.2, 0) is 17.8 Å². The zero-order valence-corrected chi connectivity index (χ0v) is 31.7. The summed E-state index contributed by atoms with van der Waals surface area (Å²) in [4.78, 5) is 21.6. The molecule has 12 nitrogen and oxygen atoms in total. The van der Waals surface area contributed by atoms with E-state index >= 15 is 0 Å². The number of benzene rings is 4.